The minimum atomic E-state index is -4.59. The molecule has 7 nitrogen and oxygen atoms in total. The molecule has 0 bridgehead atoms. The molecule has 156 valence electrons. The number of primary amides is 1. The lowest BCUT2D eigenvalue weighted by atomic mass is 10.2. The Morgan fingerprint density at radius 3 is 2.52 bits per heavy atom. The summed E-state index contributed by atoms with van der Waals surface area (Å²) in [4.78, 5) is 25.0. The molecule has 0 spiro atoms. The van der Waals surface area contributed by atoms with Crippen LogP contribution in [0.2, 0.25) is 15.1 Å². The van der Waals surface area contributed by atoms with Gasteiger partial charge in [-0.2, -0.15) is 18.2 Å². The Labute approximate surface area is 177 Å². The van der Waals surface area contributed by atoms with Crippen LogP contribution in [-0.4, -0.2) is 22.4 Å². The van der Waals surface area contributed by atoms with Crippen LogP contribution in [0.15, 0.2) is 35.6 Å². The first-order chi connectivity index (χ1) is 13.6. The Morgan fingerprint density at radius 1 is 1.21 bits per heavy atom. The van der Waals surface area contributed by atoms with E-state index in [-0.39, 0.29) is 17.3 Å². The first-order valence-corrected chi connectivity index (χ1v) is 8.74. The topological polar surface area (TPSA) is 90.0 Å². The number of urea groups is 1. The number of halogens is 6. The van der Waals surface area contributed by atoms with Gasteiger partial charge in [0.1, 0.15) is 13.2 Å². The number of amides is 2. The standard InChI is InChI=1S/C16H12Cl3F3N4O3/c17-11-2-1-9(12(18)4-11)6-28-25-8-26(15(23)27)29-7-14-13(19)3-10(5-24-14)16(20,21)22/h1-5,8H,6-7H2,(H2,23,27)/b25-8+. The molecule has 0 aliphatic carbocycles. The second kappa shape index (κ2) is 9.97. The Kier molecular flexibility index (Phi) is 7.91. The molecule has 0 aliphatic heterocycles. The number of benzene rings is 1. The lowest BCUT2D eigenvalue weighted by Gasteiger charge is -2.15. The van der Waals surface area contributed by atoms with E-state index >= 15 is 0 Å². The number of aromatic nitrogens is 1. The van der Waals surface area contributed by atoms with Gasteiger partial charge in [0.05, 0.1) is 16.3 Å². The quantitative estimate of drug-likeness (QED) is 0.348. The van der Waals surface area contributed by atoms with Crippen molar-refractivity contribution in [2.24, 2.45) is 10.9 Å². The molecule has 0 unspecified atom stereocenters. The van der Waals surface area contributed by atoms with Gasteiger partial charge in [0.2, 0.25) is 0 Å². The number of alkyl halides is 3. The second-order valence-electron chi connectivity index (χ2n) is 5.32. The Hall–Kier alpha value is -2.27. The van der Waals surface area contributed by atoms with Gasteiger partial charge in [-0.05, 0) is 18.2 Å². The van der Waals surface area contributed by atoms with E-state index in [4.69, 9.17) is 50.2 Å². The van der Waals surface area contributed by atoms with Crippen molar-refractivity contribution in [3.05, 3.63) is 62.4 Å². The third-order valence-corrected chi connectivity index (χ3v) is 4.18. The van der Waals surface area contributed by atoms with E-state index in [1.54, 1.807) is 12.1 Å². The molecule has 13 heteroatoms. The van der Waals surface area contributed by atoms with Crippen molar-refractivity contribution >= 4 is 47.2 Å². The number of nitrogens with two attached hydrogens (primary N) is 1. The van der Waals surface area contributed by atoms with Crippen LogP contribution in [0.4, 0.5) is 18.0 Å². The molecule has 1 aromatic heterocycles. The molecule has 0 fully saturated rings. The van der Waals surface area contributed by atoms with Gasteiger partial charge in [0.25, 0.3) is 0 Å². The molecule has 2 amide bonds. The summed E-state index contributed by atoms with van der Waals surface area (Å²) in [7, 11) is 0. The van der Waals surface area contributed by atoms with Crippen molar-refractivity contribution in [1.82, 2.24) is 10.0 Å². The Bertz CT molecular complexity index is 913. The van der Waals surface area contributed by atoms with Crippen molar-refractivity contribution in [3.63, 3.8) is 0 Å². The molecule has 0 saturated carbocycles. The van der Waals surface area contributed by atoms with Crippen LogP contribution < -0.4 is 5.73 Å². The van der Waals surface area contributed by atoms with Gasteiger partial charge in [-0.15, -0.1) is 0 Å². The fraction of sp³-hybridized carbons (Fsp3) is 0.188. The highest BCUT2D eigenvalue weighted by Gasteiger charge is 2.31. The summed E-state index contributed by atoms with van der Waals surface area (Å²) in [6.07, 6.45) is -3.18. The maximum Gasteiger partial charge on any atom is 0.417 e. The zero-order valence-electron chi connectivity index (χ0n) is 14.3. The maximum absolute atomic E-state index is 12.6. The maximum atomic E-state index is 12.6. The van der Waals surface area contributed by atoms with E-state index in [2.05, 4.69) is 10.1 Å². The lowest BCUT2D eigenvalue weighted by molar-refractivity contribution is -0.137. The average molecular weight is 472 g/mol. The molecule has 0 aliphatic rings. The smallest absolute Gasteiger partial charge is 0.390 e. The van der Waals surface area contributed by atoms with Gasteiger partial charge in [0, 0.05) is 21.8 Å². The van der Waals surface area contributed by atoms with Crippen molar-refractivity contribution in [2.45, 2.75) is 19.4 Å². The molecule has 1 heterocycles. The first-order valence-electron chi connectivity index (χ1n) is 7.60. The summed E-state index contributed by atoms with van der Waals surface area (Å²) in [6.45, 7) is -0.486. The molecule has 0 saturated heterocycles. The highest BCUT2D eigenvalue weighted by atomic mass is 35.5. The van der Waals surface area contributed by atoms with Crippen LogP contribution in [0, 0.1) is 0 Å². The number of carbonyl (C=O) groups excluding carboxylic acids is 1. The number of hydrogen-bond donors (Lipinski definition) is 1. The molecule has 2 rings (SSSR count). The van der Waals surface area contributed by atoms with Crippen molar-refractivity contribution in [3.8, 4) is 0 Å². The van der Waals surface area contributed by atoms with E-state index in [1.165, 1.54) is 6.07 Å². The fourth-order valence-corrected chi connectivity index (χ4v) is 2.52. The van der Waals surface area contributed by atoms with Gasteiger partial charge in [-0.1, -0.05) is 46.0 Å². The summed E-state index contributed by atoms with van der Waals surface area (Å²) in [5.74, 6) is 0. The van der Waals surface area contributed by atoms with E-state index in [0.29, 0.717) is 32.9 Å². The predicted molar refractivity (Wildman–Crippen MR) is 100 cm³/mol. The first kappa shape index (κ1) is 23.0. The molecule has 29 heavy (non-hydrogen) atoms. The highest BCUT2D eigenvalue weighted by Crippen LogP contribution is 2.31. The zero-order chi connectivity index (χ0) is 21.6. The lowest BCUT2D eigenvalue weighted by Crippen LogP contribution is -2.34. The van der Waals surface area contributed by atoms with E-state index in [9.17, 15) is 18.0 Å². The van der Waals surface area contributed by atoms with Gasteiger partial charge in [-0.25, -0.2) is 4.79 Å². The minimum absolute atomic E-state index is 0.0363. The van der Waals surface area contributed by atoms with Crippen LogP contribution in [0.1, 0.15) is 16.8 Å². The molecule has 1 aromatic carbocycles. The molecule has 0 radical (unpaired) electrons. The van der Waals surface area contributed by atoms with Gasteiger partial charge in [0.15, 0.2) is 6.34 Å². The monoisotopic (exact) mass is 470 g/mol. The van der Waals surface area contributed by atoms with Crippen LogP contribution >= 0.6 is 34.8 Å². The van der Waals surface area contributed by atoms with Gasteiger partial charge < -0.3 is 10.6 Å². The number of nitrogens with zero attached hydrogens (tertiary/aromatic N) is 3. The van der Waals surface area contributed by atoms with Crippen LogP contribution in [0.3, 0.4) is 0 Å². The summed E-state index contributed by atoms with van der Waals surface area (Å²) in [5, 5.41) is 4.53. The largest absolute Gasteiger partial charge is 0.417 e. The number of carbonyl (C=O) groups is 1. The van der Waals surface area contributed by atoms with E-state index < -0.39 is 24.4 Å². The van der Waals surface area contributed by atoms with Crippen molar-refractivity contribution in [2.75, 3.05) is 0 Å². The summed E-state index contributed by atoms with van der Waals surface area (Å²) >= 11 is 17.5. The SMILES string of the molecule is NC(=O)N(/C=N/OCc1ccc(Cl)cc1Cl)OCc1ncc(C(F)(F)F)cc1Cl. The zero-order valence-corrected chi connectivity index (χ0v) is 16.6. The molecule has 0 atom stereocenters. The van der Waals surface area contributed by atoms with Crippen LogP contribution in [0.5, 0.6) is 0 Å². The Morgan fingerprint density at radius 2 is 1.93 bits per heavy atom. The average Bonchev–Trinajstić information content (AvgIpc) is 2.62. The number of hydrogen-bond acceptors (Lipinski definition) is 5. The molecular weight excluding hydrogens is 460 g/mol. The van der Waals surface area contributed by atoms with E-state index in [0.717, 1.165) is 6.34 Å². The van der Waals surface area contributed by atoms with Crippen molar-refractivity contribution < 1.29 is 27.6 Å². The van der Waals surface area contributed by atoms with Gasteiger partial charge >= 0.3 is 12.2 Å². The number of rotatable bonds is 7. The van der Waals surface area contributed by atoms with Gasteiger partial charge in [-0.3, -0.25) is 9.82 Å². The summed E-state index contributed by atoms with van der Waals surface area (Å²) in [6, 6.07) is 4.38. The third-order valence-electron chi connectivity index (χ3n) is 3.26. The van der Waals surface area contributed by atoms with Crippen LogP contribution in [-0.2, 0) is 29.1 Å². The molecular formula is C16H12Cl3F3N4O3. The third kappa shape index (κ3) is 6.93. The minimum Gasteiger partial charge on any atom is -0.390 e. The molecule has 2 N–H and O–H groups in total. The predicted octanol–water partition coefficient (Wildman–Crippen LogP) is 5.03. The highest BCUT2D eigenvalue weighted by molar-refractivity contribution is 6.35. The normalized spacial score (nSPS) is 11.7. The second-order valence-corrected chi connectivity index (χ2v) is 6.57. The number of oxime groups is 1. The molecule has 2 aromatic rings. The summed E-state index contributed by atoms with van der Waals surface area (Å²) < 4.78 is 37.8. The summed E-state index contributed by atoms with van der Waals surface area (Å²) in [5.41, 5.74) is 4.65. The van der Waals surface area contributed by atoms with Crippen molar-refractivity contribution in [1.29, 1.82) is 0 Å². The van der Waals surface area contributed by atoms with Crippen LogP contribution in [0.25, 0.3) is 0 Å². The Balaban J connectivity index is 1.94. The fourth-order valence-electron chi connectivity index (χ4n) is 1.83. The number of pyridine rings is 1. The van der Waals surface area contributed by atoms with E-state index in [1.807, 2.05) is 0 Å². The number of hydroxylamine groups is 2.